The first-order valence-corrected chi connectivity index (χ1v) is 4.08. The molecule has 2 rings (SSSR count). The van der Waals surface area contributed by atoms with Crippen LogP contribution < -0.4 is 5.73 Å². The zero-order valence-electron chi connectivity index (χ0n) is 7.05. The first-order valence-electron chi connectivity index (χ1n) is 4.08. The predicted octanol–water partition coefficient (Wildman–Crippen LogP) is 1.72. The summed E-state index contributed by atoms with van der Waals surface area (Å²) < 4.78 is 5.18. The number of pyridine rings is 1. The Labute approximate surface area is 76.2 Å². The Morgan fingerprint density at radius 2 is 2.15 bits per heavy atom. The van der Waals surface area contributed by atoms with Gasteiger partial charge in [-0.15, -0.1) is 0 Å². The van der Waals surface area contributed by atoms with E-state index in [2.05, 4.69) is 4.98 Å². The second kappa shape index (κ2) is 3.41. The quantitative estimate of drug-likeness (QED) is 0.754. The number of hydrogen-bond acceptors (Lipinski definition) is 3. The summed E-state index contributed by atoms with van der Waals surface area (Å²) in [7, 11) is 0. The monoisotopic (exact) mass is 174 g/mol. The Bertz CT molecular complexity index is 356. The van der Waals surface area contributed by atoms with Gasteiger partial charge in [0.25, 0.3) is 0 Å². The van der Waals surface area contributed by atoms with E-state index in [1.165, 1.54) is 0 Å². The Morgan fingerprint density at radius 1 is 1.23 bits per heavy atom. The van der Waals surface area contributed by atoms with Gasteiger partial charge in [-0.1, -0.05) is 6.07 Å². The van der Waals surface area contributed by atoms with Crippen molar-refractivity contribution in [3.8, 4) is 0 Å². The van der Waals surface area contributed by atoms with Crippen LogP contribution in [0.1, 0.15) is 17.5 Å². The van der Waals surface area contributed by atoms with Crippen LogP contribution in [0, 0.1) is 0 Å². The molecule has 0 spiro atoms. The molecule has 0 aliphatic carbocycles. The Balaban J connectivity index is 2.29. The molecular weight excluding hydrogens is 164 g/mol. The van der Waals surface area contributed by atoms with Crippen molar-refractivity contribution in [1.82, 2.24) is 4.98 Å². The molecule has 0 aliphatic rings. The minimum Gasteiger partial charge on any atom is -0.467 e. The third-order valence-corrected chi connectivity index (χ3v) is 1.86. The maximum atomic E-state index is 5.90. The van der Waals surface area contributed by atoms with Gasteiger partial charge in [-0.05, 0) is 24.3 Å². The van der Waals surface area contributed by atoms with Crippen molar-refractivity contribution in [3.05, 3.63) is 54.2 Å². The normalized spacial score (nSPS) is 12.7. The minimum absolute atomic E-state index is 0.267. The summed E-state index contributed by atoms with van der Waals surface area (Å²) >= 11 is 0. The van der Waals surface area contributed by atoms with Crippen LogP contribution in [0.25, 0.3) is 0 Å². The van der Waals surface area contributed by atoms with Crippen molar-refractivity contribution < 1.29 is 4.42 Å². The highest BCUT2D eigenvalue weighted by Gasteiger charge is 2.11. The molecule has 13 heavy (non-hydrogen) atoms. The minimum atomic E-state index is -0.267. The van der Waals surface area contributed by atoms with Gasteiger partial charge in [0, 0.05) is 6.20 Å². The van der Waals surface area contributed by atoms with Crippen LogP contribution in [-0.4, -0.2) is 4.98 Å². The molecule has 0 fully saturated rings. The molecule has 2 N–H and O–H groups in total. The van der Waals surface area contributed by atoms with E-state index in [-0.39, 0.29) is 6.04 Å². The molecular formula is C10H10N2O. The highest BCUT2D eigenvalue weighted by atomic mass is 16.3. The molecule has 2 heterocycles. The highest BCUT2D eigenvalue weighted by Crippen LogP contribution is 2.16. The van der Waals surface area contributed by atoms with Crippen LogP contribution in [0.3, 0.4) is 0 Å². The second-order valence-electron chi connectivity index (χ2n) is 2.75. The Kier molecular flexibility index (Phi) is 2.10. The van der Waals surface area contributed by atoms with Gasteiger partial charge >= 0.3 is 0 Å². The average molecular weight is 174 g/mol. The molecule has 0 saturated carbocycles. The highest BCUT2D eigenvalue weighted by molar-refractivity contribution is 5.18. The summed E-state index contributed by atoms with van der Waals surface area (Å²) in [5.74, 6) is 0.735. The molecule has 0 amide bonds. The van der Waals surface area contributed by atoms with Crippen LogP contribution in [0.2, 0.25) is 0 Å². The van der Waals surface area contributed by atoms with E-state index in [4.69, 9.17) is 10.2 Å². The molecule has 1 atom stereocenters. The summed E-state index contributed by atoms with van der Waals surface area (Å²) in [6, 6.07) is 9.05. The van der Waals surface area contributed by atoms with E-state index in [1.54, 1.807) is 12.5 Å². The molecule has 3 heteroatoms. The van der Waals surface area contributed by atoms with E-state index in [0.717, 1.165) is 11.5 Å². The van der Waals surface area contributed by atoms with Gasteiger partial charge in [0.2, 0.25) is 0 Å². The first-order chi connectivity index (χ1) is 6.38. The van der Waals surface area contributed by atoms with Gasteiger partial charge in [0.05, 0.1) is 12.0 Å². The van der Waals surface area contributed by atoms with Gasteiger partial charge < -0.3 is 10.2 Å². The van der Waals surface area contributed by atoms with Crippen LogP contribution in [0.4, 0.5) is 0 Å². The van der Waals surface area contributed by atoms with Crippen LogP contribution >= 0.6 is 0 Å². The predicted molar refractivity (Wildman–Crippen MR) is 49.0 cm³/mol. The van der Waals surface area contributed by atoms with Crippen LogP contribution in [-0.2, 0) is 0 Å². The molecule has 2 aromatic heterocycles. The van der Waals surface area contributed by atoms with E-state index in [1.807, 2.05) is 30.3 Å². The first kappa shape index (κ1) is 8.01. The third-order valence-electron chi connectivity index (χ3n) is 1.86. The lowest BCUT2D eigenvalue weighted by atomic mass is 10.1. The number of rotatable bonds is 2. The van der Waals surface area contributed by atoms with E-state index in [0.29, 0.717) is 0 Å². The van der Waals surface area contributed by atoms with Crippen LogP contribution in [0.5, 0.6) is 0 Å². The lowest BCUT2D eigenvalue weighted by Crippen LogP contribution is -2.12. The van der Waals surface area contributed by atoms with Crippen molar-refractivity contribution in [2.45, 2.75) is 6.04 Å². The third kappa shape index (κ3) is 1.60. The lowest BCUT2D eigenvalue weighted by molar-refractivity contribution is 0.486. The van der Waals surface area contributed by atoms with E-state index in [9.17, 15) is 0 Å². The summed E-state index contributed by atoms with van der Waals surface area (Å²) in [4.78, 5) is 4.15. The maximum Gasteiger partial charge on any atom is 0.126 e. The molecule has 0 bridgehead atoms. The average Bonchev–Trinajstić information content (AvgIpc) is 2.71. The molecule has 0 saturated heterocycles. The molecule has 1 unspecified atom stereocenters. The lowest BCUT2D eigenvalue weighted by Gasteiger charge is -2.06. The number of aromatic nitrogens is 1. The summed E-state index contributed by atoms with van der Waals surface area (Å²) in [5.41, 5.74) is 6.72. The van der Waals surface area contributed by atoms with Crippen molar-refractivity contribution in [2.75, 3.05) is 0 Å². The number of hydrogen-bond donors (Lipinski definition) is 1. The van der Waals surface area contributed by atoms with Gasteiger partial charge in [0.15, 0.2) is 0 Å². The van der Waals surface area contributed by atoms with Crippen molar-refractivity contribution in [1.29, 1.82) is 0 Å². The molecule has 0 radical (unpaired) electrons. The van der Waals surface area contributed by atoms with E-state index >= 15 is 0 Å². The van der Waals surface area contributed by atoms with E-state index < -0.39 is 0 Å². The van der Waals surface area contributed by atoms with Crippen molar-refractivity contribution in [2.24, 2.45) is 5.73 Å². The number of nitrogens with zero attached hydrogens (tertiary/aromatic N) is 1. The summed E-state index contributed by atoms with van der Waals surface area (Å²) in [6.07, 6.45) is 3.33. The van der Waals surface area contributed by atoms with Crippen LogP contribution in [0.15, 0.2) is 47.2 Å². The van der Waals surface area contributed by atoms with Crippen molar-refractivity contribution >= 4 is 0 Å². The molecule has 0 aromatic carbocycles. The zero-order chi connectivity index (χ0) is 9.10. The fourth-order valence-electron chi connectivity index (χ4n) is 1.17. The Hall–Kier alpha value is -1.61. The maximum absolute atomic E-state index is 5.90. The molecule has 0 aliphatic heterocycles. The number of nitrogens with two attached hydrogens (primary N) is 1. The summed E-state index contributed by atoms with van der Waals surface area (Å²) in [5, 5.41) is 0. The molecule has 66 valence electrons. The fraction of sp³-hybridized carbons (Fsp3) is 0.100. The van der Waals surface area contributed by atoms with Gasteiger partial charge in [-0.25, -0.2) is 0 Å². The topological polar surface area (TPSA) is 52.0 Å². The second-order valence-corrected chi connectivity index (χ2v) is 2.75. The zero-order valence-corrected chi connectivity index (χ0v) is 7.05. The fourth-order valence-corrected chi connectivity index (χ4v) is 1.17. The van der Waals surface area contributed by atoms with Gasteiger partial charge in [-0.2, -0.15) is 0 Å². The number of furan rings is 1. The molecule has 2 aromatic rings. The van der Waals surface area contributed by atoms with Gasteiger partial charge in [-0.3, -0.25) is 4.98 Å². The Morgan fingerprint density at radius 3 is 2.77 bits per heavy atom. The standard InChI is InChI=1S/C10H10N2O/c11-10(9-5-3-7-13-9)8-4-1-2-6-12-8/h1-7,10H,11H2. The smallest absolute Gasteiger partial charge is 0.126 e. The SMILES string of the molecule is NC(c1ccccn1)c1ccco1. The molecule has 3 nitrogen and oxygen atoms in total. The largest absolute Gasteiger partial charge is 0.467 e. The van der Waals surface area contributed by atoms with Crippen molar-refractivity contribution in [3.63, 3.8) is 0 Å². The van der Waals surface area contributed by atoms with Gasteiger partial charge in [0.1, 0.15) is 11.8 Å². The summed E-state index contributed by atoms with van der Waals surface area (Å²) in [6.45, 7) is 0.